The van der Waals surface area contributed by atoms with E-state index in [-0.39, 0.29) is 17.9 Å². The van der Waals surface area contributed by atoms with Crippen molar-refractivity contribution in [3.05, 3.63) is 36.2 Å². The van der Waals surface area contributed by atoms with E-state index >= 15 is 0 Å². The van der Waals surface area contributed by atoms with Crippen molar-refractivity contribution < 1.29 is 9.59 Å². The van der Waals surface area contributed by atoms with E-state index in [1.807, 2.05) is 18.2 Å². The van der Waals surface area contributed by atoms with Crippen LogP contribution in [-0.4, -0.2) is 63.6 Å². The second-order valence-corrected chi connectivity index (χ2v) is 6.38. The highest BCUT2D eigenvalue weighted by Crippen LogP contribution is 2.23. The molecule has 1 saturated heterocycles. The first-order valence-corrected chi connectivity index (χ1v) is 8.51. The number of nitrogens with zero attached hydrogens (tertiary/aromatic N) is 3. The predicted molar refractivity (Wildman–Crippen MR) is 90.7 cm³/mol. The monoisotopic (exact) mass is 340 g/mol. The minimum absolute atomic E-state index is 0.0832. The van der Waals surface area contributed by atoms with Gasteiger partial charge < -0.3 is 15.5 Å². The second-order valence-electron chi connectivity index (χ2n) is 6.38. The van der Waals surface area contributed by atoms with Gasteiger partial charge in [0.2, 0.25) is 5.91 Å². The van der Waals surface area contributed by atoms with Crippen LogP contribution < -0.4 is 10.6 Å². The van der Waals surface area contributed by atoms with Gasteiger partial charge in [0, 0.05) is 31.2 Å². The highest BCUT2D eigenvalue weighted by molar-refractivity contribution is 6.02. The Morgan fingerprint density at radius 3 is 2.84 bits per heavy atom. The summed E-state index contributed by atoms with van der Waals surface area (Å²) >= 11 is 0. The summed E-state index contributed by atoms with van der Waals surface area (Å²) in [6.07, 6.45) is 3.45. The molecule has 1 aliphatic heterocycles. The summed E-state index contributed by atoms with van der Waals surface area (Å²) in [6, 6.07) is 7.03. The summed E-state index contributed by atoms with van der Waals surface area (Å²) in [5.41, 5.74) is 1.20. The molecule has 2 aromatic rings. The molecule has 25 heavy (non-hydrogen) atoms. The number of H-pyrrole nitrogens is 1. The number of aromatic nitrogens is 3. The third-order valence-electron chi connectivity index (χ3n) is 4.56. The van der Waals surface area contributed by atoms with E-state index in [0.29, 0.717) is 36.6 Å². The molecule has 8 heteroatoms. The largest absolute Gasteiger partial charge is 0.352 e. The van der Waals surface area contributed by atoms with Crippen molar-refractivity contribution in [3.8, 4) is 11.4 Å². The van der Waals surface area contributed by atoms with Crippen molar-refractivity contribution in [2.45, 2.75) is 24.9 Å². The molecule has 1 aliphatic carbocycles. The highest BCUT2D eigenvalue weighted by Gasteiger charge is 2.36. The van der Waals surface area contributed by atoms with E-state index in [0.717, 1.165) is 12.8 Å². The van der Waals surface area contributed by atoms with Gasteiger partial charge in [-0.1, -0.05) is 18.2 Å². The molecule has 2 amide bonds. The van der Waals surface area contributed by atoms with Gasteiger partial charge in [-0.15, -0.1) is 0 Å². The van der Waals surface area contributed by atoms with Crippen molar-refractivity contribution in [2.24, 2.45) is 0 Å². The molecule has 1 saturated carbocycles. The lowest BCUT2D eigenvalue weighted by Crippen LogP contribution is -2.59. The van der Waals surface area contributed by atoms with Gasteiger partial charge in [-0.25, -0.2) is 4.98 Å². The second kappa shape index (κ2) is 6.64. The molecule has 8 nitrogen and oxygen atoms in total. The van der Waals surface area contributed by atoms with E-state index in [1.165, 1.54) is 6.33 Å². The number of carbonyl (C=O) groups is 2. The zero-order valence-corrected chi connectivity index (χ0v) is 13.7. The van der Waals surface area contributed by atoms with E-state index in [2.05, 4.69) is 25.8 Å². The average Bonchev–Trinajstić information content (AvgIpc) is 3.30. The first-order chi connectivity index (χ1) is 12.2. The molecule has 2 heterocycles. The van der Waals surface area contributed by atoms with Crippen molar-refractivity contribution in [1.29, 1.82) is 0 Å². The molecule has 0 radical (unpaired) electrons. The summed E-state index contributed by atoms with van der Waals surface area (Å²) in [4.78, 5) is 31.5. The van der Waals surface area contributed by atoms with Gasteiger partial charge >= 0.3 is 0 Å². The lowest BCUT2D eigenvalue weighted by atomic mass is 10.0. The van der Waals surface area contributed by atoms with Crippen LogP contribution >= 0.6 is 0 Å². The zero-order valence-electron chi connectivity index (χ0n) is 13.7. The maximum Gasteiger partial charge on any atom is 0.255 e. The van der Waals surface area contributed by atoms with E-state index in [4.69, 9.17) is 0 Å². The summed E-state index contributed by atoms with van der Waals surface area (Å²) in [5.74, 6) is 0.294. The zero-order chi connectivity index (χ0) is 17.2. The van der Waals surface area contributed by atoms with Crippen LogP contribution in [0.5, 0.6) is 0 Å². The molecular formula is C17H20N6O2. The summed E-state index contributed by atoms with van der Waals surface area (Å²) in [5, 5.41) is 12.9. The van der Waals surface area contributed by atoms with Crippen LogP contribution in [-0.2, 0) is 4.79 Å². The molecule has 3 N–H and O–H groups in total. The maximum atomic E-state index is 13.2. The molecule has 1 atom stereocenters. The van der Waals surface area contributed by atoms with Crippen molar-refractivity contribution >= 4 is 11.8 Å². The van der Waals surface area contributed by atoms with Crippen LogP contribution in [0, 0.1) is 0 Å². The fraction of sp³-hybridized carbons (Fsp3) is 0.412. The van der Waals surface area contributed by atoms with Crippen LogP contribution in [0.2, 0.25) is 0 Å². The number of nitrogens with one attached hydrogen (secondary N) is 3. The number of aromatic amines is 1. The molecule has 130 valence electrons. The van der Waals surface area contributed by atoms with E-state index in [1.54, 1.807) is 11.0 Å². The Labute approximate surface area is 145 Å². The number of hydrogen-bond acceptors (Lipinski definition) is 5. The van der Waals surface area contributed by atoms with Crippen molar-refractivity contribution in [1.82, 2.24) is 30.7 Å². The number of carbonyl (C=O) groups excluding carboxylic acids is 2. The summed E-state index contributed by atoms with van der Waals surface area (Å²) < 4.78 is 0. The number of rotatable bonds is 4. The Hall–Kier alpha value is -2.74. The fourth-order valence-corrected chi connectivity index (χ4v) is 3.07. The predicted octanol–water partition coefficient (Wildman–Crippen LogP) is 0.164. The number of piperazine rings is 1. The number of amides is 2. The topological polar surface area (TPSA) is 103 Å². The third kappa shape index (κ3) is 3.25. The van der Waals surface area contributed by atoms with E-state index < -0.39 is 6.04 Å². The fourth-order valence-electron chi connectivity index (χ4n) is 3.07. The highest BCUT2D eigenvalue weighted by atomic mass is 16.2. The van der Waals surface area contributed by atoms with Crippen LogP contribution in [0.4, 0.5) is 0 Å². The van der Waals surface area contributed by atoms with E-state index in [9.17, 15) is 9.59 Å². The summed E-state index contributed by atoms with van der Waals surface area (Å²) in [6.45, 7) is 1.63. The number of benzene rings is 1. The molecule has 1 aromatic heterocycles. The molecule has 4 rings (SSSR count). The van der Waals surface area contributed by atoms with Gasteiger partial charge in [0.25, 0.3) is 5.91 Å². The Morgan fingerprint density at radius 2 is 2.08 bits per heavy atom. The Morgan fingerprint density at radius 1 is 1.24 bits per heavy atom. The van der Waals surface area contributed by atoms with Gasteiger partial charge in [0.05, 0.1) is 5.56 Å². The van der Waals surface area contributed by atoms with Crippen molar-refractivity contribution in [2.75, 3.05) is 19.6 Å². The van der Waals surface area contributed by atoms with Crippen LogP contribution in [0.15, 0.2) is 30.6 Å². The first kappa shape index (κ1) is 15.8. The van der Waals surface area contributed by atoms with Crippen molar-refractivity contribution in [3.63, 3.8) is 0 Å². The molecule has 0 spiro atoms. The van der Waals surface area contributed by atoms with Gasteiger partial charge in [-0.2, -0.15) is 5.10 Å². The first-order valence-electron chi connectivity index (χ1n) is 8.51. The molecule has 2 aliphatic rings. The van der Waals surface area contributed by atoms with Crippen LogP contribution in [0.25, 0.3) is 11.4 Å². The Bertz CT molecular complexity index is 771. The van der Waals surface area contributed by atoms with Gasteiger partial charge in [-0.3, -0.25) is 14.7 Å². The maximum absolute atomic E-state index is 13.2. The van der Waals surface area contributed by atoms with Gasteiger partial charge in [0.15, 0.2) is 5.82 Å². The third-order valence-corrected chi connectivity index (χ3v) is 4.56. The molecule has 0 unspecified atom stereocenters. The number of hydrogen-bond donors (Lipinski definition) is 3. The Balaban J connectivity index is 1.61. The van der Waals surface area contributed by atoms with Gasteiger partial charge in [0.1, 0.15) is 12.4 Å². The smallest absolute Gasteiger partial charge is 0.255 e. The minimum atomic E-state index is -0.496. The molecule has 2 fully saturated rings. The lowest BCUT2D eigenvalue weighted by molar-refractivity contribution is -0.126. The lowest BCUT2D eigenvalue weighted by Gasteiger charge is -2.35. The quantitative estimate of drug-likeness (QED) is 0.736. The van der Waals surface area contributed by atoms with Crippen LogP contribution in [0.1, 0.15) is 23.2 Å². The SMILES string of the molecule is O=C(NC1CC1)[C@@H]1CNCCN1C(=O)c1ccccc1-c1ncn[nH]1. The minimum Gasteiger partial charge on any atom is -0.352 e. The molecular weight excluding hydrogens is 320 g/mol. The molecule has 0 bridgehead atoms. The average molecular weight is 340 g/mol. The summed E-state index contributed by atoms with van der Waals surface area (Å²) in [7, 11) is 0. The molecule has 1 aromatic carbocycles. The van der Waals surface area contributed by atoms with Gasteiger partial charge in [-0.05, 0) is 18.9 Å². The normalized spacial score (nSPS) is 20.3. The standard InChI is InChI=1S/C17H20N6O2/c24-16(21-11-5-6-11)14-9-18-7-8-23(14)17(25)13-4-2-1-3-12(13)15-19-10-20-22-15/h1-4,10-11,14,18H,5-9H2,(H,21,24)(H,19,20,22)/t14-/m0/s1. The Kier molecular flexibility index (Phi) is 4.19. The van der Waals surface area contributed by atoms with Crippen LogP contribution in [0.3, 0.4) is 0 Å².